The number of hydrogen-bond acceptors (Lipinski definition) is 3. The minimum Gasteiger partial charge on any atom is -0.458 e. The summed E-state index contributed by atoms with van der Waals surface area (Å²) in [5.41, 5.74) is 1.47. The van der Waals surface area contributed by atoms with Crippen molar-refractivity contribution in [3.63, 3.8) is 0 Å². The molecule has 0 spiro atoms. The Hall–Kier alpha value is -1.12. The lowest BCUT2D eigenvalue weighted by molar-refractivity contribution is -0.192. The predicted molar refractivity (Wildman–Crippen MR) is 132 cm³/mol. The second-order valence-electron chi connectivity index (χ2n) is 13.0. The van der Waals surface area contributed by atoms with Crippen LogP contribution in [0.2, 0.25) is 0 Å². The van der Waals surface area contributed by atoms with E-state index in [1.807, 2.05) is 6.08 Å². The van der Waals surface area contributed by atoms with Crippen LogP contribution < -0.4 is 0 Å². The maximum Gasteiger partial charge on any atom is 0.309 e. The Morgan fingerprint density at radius 1 is 1.03 bits per heavy atom. The van der Waals surface area contributed by atoms with E-state index in [2.05, 4.69) is 27.7 Å². The maximum absolute atomic E-state index is 13.5. The number of carbonyl (C=O) groups is 2. The molecule has 0 aliphatic heterocycles. The lowest BCUT2D eigenvalue weighted by Crippen LogP contribution is -2.56. The van der Waals surface area contributed by atoms with Crippen molar-refractivity contribution >= 4 is 11.8 Å². The van der Waals surface area contributed by atoms with Crippen LogP contribution >= 0.6 is 0 Å². The van der Waals surface area contributed by atoms with Gasteiger partial charge in [-0.1, -0.05) is 52.5 Å². The van der Waals surface area contributed by atoms with Gasteiger partial charge in [0.25, 0.3) is 0 Å². The lowest BCUT2D eigenvalue weighted by atomic mass is 9.46. The number of hydrogen-bond donors (Lipinski definition) is 0. The highest BCUT2D eigenvalue weighted by Gasteiger charge is 2.65. The highest BCUT2D eigenvalue weighted by molar-refractivity contribution is 5.91. The molecular formula is C30H46O3. The fourth-order valence-electron chi connectivity index (χ4n) is 9.62. The van der Waals surface area contributed by atoms with E-state index in [1.54, 1.807) is 0 Å². The Bertz CT molecular complexity index is 822. The smallest absolute Gasteiger partial charge is 0.309 e. The molecular weight excluding hydrogens is 408 g/mol. The summed E-state index contributed by atoms with van der Waals surface area (Å²) in [6.07, 6.45) is 17.7. The fourth-order valence-corrected chi connectivity index (χ4v) is 9.62. The zero-order valence-electron chi connectivity index (χ0n) is 21.6. The van der Waals surface area contributed by atoms with Crippen LogP contribution in [0.5, 0.6) is 0 Å². The van der Waals surface area contributed by atoms with Gasteiger partial charge in [0.1, 0.15) is 5.60 Å². The summed E-state index contributed by atoms with van der Waals surface area (Å²) >= 11 is 0. The van der Waals surface area contributed by atoms with Crippen molar-refractivity contribution in [2.75, 3.05) is 0 Å². The van der Waals surface area contributed by atoms with Crippen molar-refractivity contribution in [2.24, 2.45) is 40.4 Å². The molecule has 0 bridgehead atoms. The standard InChI is InChI=1S/C30H46O3/c1-5-15-30(33-27(32)20(2)21-8-6-7-9-21)18-14-26-24-11-10-22-19-23(31)12-16-28(22,3)25(24)13-17-29(26,30)4/h19-21,24-26H,5-18H2,1-4H3/t20?,24-,25-,26+,28+,29+,30?/m1/s1. The third kappa shape index (κ3) is 3.57. The van der Waals surface area contributed by atoms with E-state index in [0.717, 1.165) is 38.5 Å². The first kappa shape index (κ1) is 23.6. The van der Waals surface area contributed by atoms with E-state index in [-0.39, 0.29) is 28.3 Å². The first-order valence-electron chi connectivity index (χ1n) is 14.2. The molecule has 0 saturated heterocycles. The molecule has 5 aliphatic carbocycles. The first-order valence-corrected chi connectivity index (χ1v) is 14.2. The van der Waals surface area contributed by atoms with Gasteiger partial charge >= 0.3 is 5.97 Å². The number of rotatable bonds is 5. The molecule has 0 N–H and O–H groups in total. The first-order chi connectivity index (χ1) is 15.7. The molecule has 0 aromatic carbocycles. The molecule has 2 unspecified atom stereocenters. The Kier molecular flexibility index (Phi) is 6.10. The number of allylic oxidation sites excluding steroid dienone is 1. The van der Waals surface area contributed by atoms with Gasteiger partial charge in [0.15, 0.2) is 5.78 Å². The van der Waals surface area contributed by atoms with E-state index in [4.69, 9.17) is 4.74 Å². The largest absolute Gasteiger partial charge is 0.458 e. The summed E-state index contributed by atoms with van der Waals surface area (Å²) in [4.78, 5) is 25.6. The van der Waals surface area contributed by atoms with Crippen LogP contribution in [0.15, 0.2) is 11.6 Å². The van der Waals surface area contributed by atoms with Gasteiger partial charge in [-0.25, -0.2) is 0 Å². The highest BCUT2D eigenvalue weighted by Crippen LogP contribution is 2.69. The van der Waals surface area contributed by atoms with Crippen LogP contribution in [-0.4, -0.2) is 17.4 Å². The molecule has 184 valence electrons. The Labute approximate surface area is 201 Å². The van der Waals surface area contributed by atoms with Crippen molar-refractivity contribution in [2.45, 2.75) is 123 Å². The van der Waals surface area contributed by atoms with Gasteiger partial charge < -0.3 is 4.74 Å². The Balaban J connectivity index is 1.40. The van der Waals surface area contributed by atoms with E-state index < -0.39 is 0 Å². The van der Waals surface area contributed by atoms with Gasteiger partial charge in [-0.15, -0.1) is 0 Å². The van der Waals surface area contributed by atoms with Crippen molar-refractivity contribution < 1.29 is 14.3 Å². The minimum absolute atomic E-state index is 0.0429. The lowest BCUT2D eigenvalue weighted by Gasteiger charge is -2.59. The summed E-state index contributed by atoms with van der Waals surface area (Å²) in [5.74, 6) is 3.04. The fraction of sp³-hybridized carbons (Fsp3) is 0.867. The Morgan fingerprint density at radius 3 is 2.48 bits per heavy atom. The monoisotopic (exact) mass is 454 g/mol. The number of ketones is 1. The minimum atomic E-state index is -0.277. The summed E-state index contributed by atoms with van der Waals surface area (Å²) in [6, 6.07) is 0. The van der Waals surface area contributed by atoms with E-state index >= 15 is 0 Å². The van der Waals surface area contributed by atoms with Crippen LogP contribution in [0.25, 0.3) is 0 Å². The molecule has 5 rings (SSSR count). The molecule has 5 aliphatic rings. The summed E-state index contributed by atoms with van der Waals surface area (Å²) < 4.78 is 6.72. The van der Waals surface area contributed by atoms with Crippen LogP contribution in [0.3, 0.4) is 0 Å². The second kappa shape index (κ2) is 8.52. The SMILES string of the molecule is CCCC1(OC(=O)C(C)C2CCCC2)CC[C@H]2[C@@H]3CCC4=CC(=O)CC[C@]4(C)[C@@H]3CC[C@@]21C. The molecule has 33 heavy (non-hydrogen) atoms. The summed E-state index contributed by atoms with van der Waals surface area (Å²) in [5, 5.41) is 0. The molecule has 0 heterocycles. The van der Waals surface area contributed by atoms with Crippen LogP contribution in [0.1, 0.15) is 118 Å². The van der Waals surface area contributed by atoms with Gasteiger partial charge in [-0.3, -0.25) is 9.59 Å². The number of fused-ring (bicyclic) bond motifs is 5. The highest BCUT2D eigenvalue weighted by atomic mass is 16.6. The van der Waals surface area contributed by atoms with Gasteiger partial charge in [0.05, 0.1) is 5.92 Å². The van der Waals surface area contributed by atoms with Crippen LogP contribution in [0, 0.1) is 40.4 Å². The molecule has 0 radical (unpaired) electrons. The normalized spacial score (nSPS) is 43.9. The number of esters is 1. The Morgan fingerprint density at radius 2 is 1.76 bits per heavy atom. The van der Waals surface area contributed by atoms with Crippen LogP contribution in [0.4, 0.5) is 0 Å². The van der Waals surface area contributed by atoms with E-state index in [9.17, 15) is 9.59 Å². The second-order valence-corrected chi connectivity index (χ2v) is 13.0. The molecule has 7 atom stereocenters. The van der Waals surface area contributed by atoms with Crippen molar-refractivity contribution in [1.29, 1.82) is 0 Å². The third-order valence-corrected chi connectivity index (χ3v) is 11.7. The van der Waals surface area contributed by atoms with E-state index in [1.165, 1.54) is 56.9 Å². The van der Waals surface area contributed by atoms with Gasteiger partial charge in [0.2, 0.25) is 0 Å². The average molecular weight is 455 g/mol. The molecule has 0 aromatic rings. The maximum atomic E-state index is 13.5. The number of ether oxygens (including phenoxy) is 1. The molecule has 3 nitrogen and oxygen atoms in total. The third-order valence-electron chi connectivity index (χ3n) is 11.7. The predicted octanol–water partition coefficient (Wildman–Crippen LogP) is 7.43. The topological polar surface area (TPSA) is 43.4 Å². The van der Waals surface area contributed by atoms with Gasteiger partial charge in [0, 0.05) is 11.8 Å². The van der Waals surface area contributed by atoms with Crippen molar-refractivity contribution in [1.82, 2.24) is 0 Å². The zero-order chi connectivity index (χ0) is 23.4. The summed E-state index contributed by atoms with van der Waals surface area (Å²) in [7, 11) is 0. The average Bonchev–Trinajstić information content (AvgIpc) is 3.41. The van der Waals surface area contributed by atoms with Crippen molar-refractivity contribution in [3.8, 4) is 0 Å². The summed E-state index contributed by atoms with van der Waals surface area (Å²) in [6.45, 7) is 9.34. The zero-order valence-corrected chi connectivity index (χ0v) is 21.6. The van der Waals surface area contributed by atoms with Gasteiger partial charge in [-0.05, 0) is 99.4 Å². The van der Waals surface area contributed by atoms with E-state index in [0.29, 0.717) is 29.5 Å². The van der Waals surface area contributed by atoms with Crippen LogP contribution in [-0.2, 0) is 14.3 Å². The molecule has 0 aromatic heterocycles. The van der Waals surface area contributed by atoms with Gasteiger partial charge in [-0.2, -0.15) is 0 Å². The molecule has 4 saturated carbocycles. The number of carbonyl (C=O) groups excluding carboxylic acids is 2. The quantitative estimate of drug-likeness (QED) is 0.406. The molecule has 3 heteroatoms. The molecule has 4 fully saturated rings. The van der Waals surface area contributed by atoms with Crippen molar-refractivity contribution in [3.05, 3.63) is 11.6 Å². The molecule has 0 amide bonds.